The van der Waals surface area contributed by atoms with Gasteiger partial charge < -0.3 is 10.6 Å². The van der Waals surface area contributed by atoms with Crippen LogP contribution in [-0.2, 0) is 4.79 Å². The summed E-state index contributed by atoms with van der Waals surface area (Å²) >= 11 is 0. The van der Waals surface area contributed by atoms with E-state index in [4.69, 9.17) is 5.73 Å². The molecule has 90 valence electrons. The van der Waals surface area contributed by atoms with Gasteiger partial charge in [-0.05, 0) is 18.8 Å². The normalized spacial score (nSPS) is 13.3. The lowest BCUT2D eigenvalue weighted by Gasteiger charge is -2.31. The molecule has 3 nitrogen and oxygen atoms in total. The molecule has 0 heterocycles. The summed E-state index contributed by atoms with van der Waals surface area (Å²) in [6.45, 7) is 8.78. The summed E-state index contributed by atoms with van der Waals surface area (Å²) in [6.07, 6.45) is 2.02. The molecule has 2 N–H and O–H groups in total. The number of nitrogens with zero attached hydrogens (tertiary/aromatic N) is 1. The maximum absolute atomic E-state index is 12.1. The van der Waals surface area contributed by atoms with Crippen LogP contribution in [0.4, 0.5) is 0 Å². The summed E-state index contributed by atoms with van der Waals surface area (Å²) in [6, 6.07) is 0.352. The average molecular weight is 214 g/mol. The zero-order valence-electron chi connectivity index (χ0n) is 10.8. The van der Waals surface area contributed by atoms with Crippen molar-refractivity contribution in [2.75, 3.05) is 13.6 Å². The maximum Gasteiger partial charge on any atom is 0.227 e. The molecule has 0 radical (unpaired) electrons. The Hall–Kier alpha value is -0.570. The van der Waals surface area contributed by atoms with E-state index in [1.165, 1.54) is 0 Å². The zero-order chi connectivity index (χ0) is 12.0. The van der Waals surface area contributed by atoms with E-state index in [-0.39, 0.29) is 11.8 Å². The molecule has 0 bridgehead atoms. The minimum absolute atomic E-state index is 0.0319. The van der Waals surface area contributed by atoms with Crippen LogP contribution in [-0.4, -0.2) is 30.4 Å². The van der Waals surface area contributed by atoms with Crippen molar-refractivity contribution >= 4 is 5.91 Å². The van der Waals surface area contributed by atoms with E-state index in [0.29, 0.717) is 18.5 Å². The summed E-state index contributed by atoms with van der Waals surface area (Å²) < 4.78 is 0. The van der Waals surface area contributed by atoms with E-state index in [0.717, 1.165) is 12.8 Å². The van der Waals surface area contributed by atoms with Gasteiger partial charge in [0.25, 0.3) is 0 Å². The summed E-state index contributed by atoms with van der Waals surface area (Å²) in [5.41, 5.74) is 5.65. The average Bonchev–Trinajstić information content (AvgIpc) is 2.19. The number of hydrogen-bond acceptors (Lipinski definition) is 2. The number of carbonyl (C=O) groups excluding carboxylic acids is 1. The first-order valence-corrected chi connectivity index (χ1v) is 5.96. The van der Waals surface area contributed by atoms with E-state index in [1.807, 2.05) is 11.9 Å². The second-order valence-electron chi connectivity index (χ2n) is 4.51. The van der Waals surface area contributed by atoms with Gasteiger partial charge >= 0.3 is 0 Å². The van der Waals surface area contributed by atoms with Gasteiger partial charge in [0.1, 0.15) is 0 Å². The van der Waals surface area contributed by atoms with Gasteiger partial charge in [0.2, 0.25) is 5.91 Å². The van der Waals surface area contributed by atoms with Crippen molar-refractivity contribution in [3.8, 4) is 0 Å². The lowest BCUT2D eigenvalue weighted by atomic mass is 9.93. The molecule has 1 atom stereocenters. The molecule has 0 aromatic rings. The SMILES string of the molecule is CCC(CC)N(C)C(=O)C(CN)C(C)C. The Morgan fingerprint density at radius 3 is 2.00 bits per heavy atom. The van der Waals surface area contributed by atoms with Crippen LogP contribution in [0.15, 0.2) is 0 Å². The molecule has 15 heavy (non-hydrogen) atoms. The second-order valence-corrected chi connectivity index (χ2v) is 4.51. The van der Waals surface area contributed by atoms with E-state index >= 15 is 0 Å². The van der Waals surface area contributed by atoms with Gasteiger partial charge in [-0.1, -0.05) is 27.7 Å². The van der Waals surface area contributed by atoms with Gasteiger partial charge in [0.05, 0.1) is 5.92 Å². The van der Waals surface area contributed by atoms with Gasteiger partial charge in [-0.15, -0.1) is 0 Å². The van der Waals surface area contributed by atoms with Crippen molar-refractivity contribution in [1.29, 1.82) is 0 Å². The van der Waals surface area contributed by atoms with E-state index < -0.39 is 0 Å². The molecular weight excluding hydrogens is 188 g/mol. The van der Waals surface area contributed by atoms with Gasteiger partial charge in [-0.3, -0.25) is 4.79 Å². The van der Waals surface area contributed by atoms with Crippen molar-refractivity contribution in [2.45, 2.75) is 46.6 Å². The summed E-state index contributed by atoms with van der Waals surface area (Å²) in [7, 11) is 1.89. The van der Waals surface area contributed by atoms with E-state index in [1.54, 1.807) is 0 Å². The first-order valence-electron chi connectivity index (χ1n) is 5.96. The van der Waals surface area contributed by atoms with Crippen LogP contribution in [0.1, 0.15) is 40.5 Å². The molecule has 0 rings (SSSR count). The summed E-state index contributed by atoms with van der Waals surface area (Å²) in [5, 5.41) is 0. The molecule has 0 saturated heterocycles. The minimum Gasteiger partial charge on any atom is -0.343 e. The third-order valence-electron chi connectivity index (χ3n) is 3.21. The third kappa shape index (κ3) is 3.82. The highest BCUT2D eigenvalue weighted by atomic mass is 16.2. The Kier molecular flexibility index (Phi) is 6.57. The van der Waals surface area contributed by atoms with Crippen molar-refractivity contribution < 1.29 is 4.79 Å². The third-order valence-corrected chi connectivity index (χ3v) is 3.21. The number of hydrogen-bond donors (Lipinski definition) is 1. The van der Waals surface area contributed by atoms with Crippen LogP contribution < -0.4 is 5.73 Å². The quantitative estimate of drug-likeness (QED) is 0.733. The van der Waals surface area contributed by atoms with E-state index in [9.17, 15) is 4.79 Å². The highest BCUT2D eigenvalue weighted by Gasteiger charge is 2.26. The fraction of sp³-hybridized carbons (Fsp3) is 0.917. The van der Waals surface area contributed by atoms with Crippen LogP contribution in [0.25, 0.3) is 0 Å². The van der Waals surface area contributed by atoms with Crippen molar-refractivity contribution in [3.63, 3.8) is 0 Å². The van der Waals surface area contributed by atoms with Crippen LogP contribution >= 0.6 is 0 Å². The molecular formula is C12H26N2O. The van der Waals surface area contributed by atoms with Crippen LogP contribution in [0.5, 0.6) is 0 Å². The second kappa shape index (κ2) is 6.83. The van der Waals surface area contributed by atoms with Gasteiger partial charge in [-0.2, -0.15) is 0 Å². The molecule has 0 saturated carbocycles. The highest BCUT2D eigenvalue weighted by Crippen LogP contribution is 2.16. The molecule has 0 aliphatic heterocycles. The largest absolute Gasteiger partial charge is 0.343 e. The lowest BCUT2D eigenvalue weighted by Crippen LogP contribution is -2.44. The molecule has 1 unspecified atom stereocenters. The van der Waals surface area contributed by atoms with Crippen molar-refractivity contribution in [2.24, 2.45) is 17.6 Å². The predicted molar refractivity (Wildman–Crippen MR) is 64.5 cm³/mol. The van der Waals surface area contributed by atoms with Crippen molar-refractivity contribution in [3.05, 3.63) is 0 Å². The van der Waals surface area contributed by atoms with Gasteiger partial charge in [-0.25, -0.2) is 0 Å². The van der Waals surface area contributed by atoms with Crippen LogP contribution in [0, 0.1) is 11.8 Å². The first kappa shape index (κ1) is 14.4. The van der Waals surface area contributed by atoms with Gasteiger partial charge in [0.15, 0.2) is 0 Å². The maximum atomic E-state index is 12.1. The standard InChI is InChI=1S/C12H26N2O/c1-6-10(7-2)14(5)12(15)11(8-13)9(3)4/h9-11H,6-8,13H2,1-5H3. The van der Waals surface area contributed by atoms with Crippen molar-refractivity contribution in [1.82, 2.24) is 4.90 Å². The molecule has 0 aliphatic carbocycles. The van der Waals surface area contributed by atoms with E-state index in [2.05, 4.69) is 27.7 Å². The summed E-state index contributed by atoms with van der Waals surface area (Å²) in [5.74, 6) is 0.483. The number of amides is 1. The molecule has 3 heteroatoms. The number of nitrogens with two attached hydrogens (primary N) is 1. The minimum atomic E-state index is -0.0319. The smallest absolute Gasteiger partial charge is 0.227 e. The molecule has 0 aromatic heterocycles. The Morgan fingerprint density at radius 1 is 1.27 bits per heavy atom. The summed E-state index contributed by atoms with van der Waals surface area (Å²) in [4.78, 5) is 14.0. The molecule has 0 spiro atoms. The predicted octanol–water partition coefficient (Wildman–Crippen LogP) is 1.86. The fourth-order valence-electron chi connectivity index (χ4n) is 1.94. The molecule has 1 amide bonds. The Bertz CT molecular complexity index is 188. The topological polar surface area (TPSA) is 46.3 Å². The van der Waals surface area contributed by atoms with Crippen LogP contribution in [0.2, 0.25) is 0 Å². The monoisotopic (exact) mass is 214 g/mol. The number of rotatable bonds is 6. The molecule has 0 fully saturated rings. The fourth-order valence-corrected chi connectivity index (χ4v) is 1.94. The zero-order valence-corrected chi connectivity index (χ0v) is 10.8. The lowest BCUT2D eigenvalue weighted by molar-refractivity contribution is -0.137. The molecule has 0 aliphatic rings. The van der Waals surface area contributed by atoms with Crippen LogP contribution in [0.3, 0.4) is 0 Å². The first-order chi connectivity index (χ1) is 6.99. The van der Waals surface area contributed by atoms with Gasteiger partial charge in [0, 0.05) is 19.6 Å². The Labute approximate surface area is 94.0 Å². The Balaban J connectivity index is 4.52. The number of carbonyl (C=O) groups is 1. The highest BCUT2D eigenvalue weighted by molar-refractivity contribution is 5.79. The molecule has 0 aromatic carbocycles. The Morgan fingerprint density at radius 2 is 1.73 bits per heavy atom.